The van der Waals surface area contributed by atoms with Crippen molar-refractivity contribution in [2.45, 2.75) is 12.3 Å². The van der Waals surface area contributed by atoms with E-state index in [-0.39, 0.29) is 11.3 Å². The highest BCUT2D eigenvalue weighted by molar-refractivity contribution is 6.21. The highest BCUT2D eigenvalue weighted by Crippen LogP contribution is 2.13. The molecule has 1 rings (SSSR count). The summed E-state index contributed by atoms with van der Waals surface area (Å²) >= 11 is 5.95. The fourth-order valence-electron chi connectivity index (χ4n) is 1.18. The lowest BCUT2D eigenvalue weighted by molar-refractivity contribution is -0.119. The van der Waals surface area contributed by atoms with Crippen LogP contribution in [0.4, 0.5) is 0 Å². The molecule has 0 unspecified atom stereocenters. The molecule has 2 atom stereocenters. The highest BCUT2D eigenvalue weighted by Gasteiger charge is 2.24. The van der Waals surface area contributed by atoms with Gasteiger partial charge in [0.2, 0.25) is 5.91 Å². The SMILES string of the molecule is CC(=O)NC[C@@H]1CNC[C@@H]1Cl. The van der Waals surface area contributed by atoms with Crippen molar-refractivity contribution in [3.05, 3.63) is 0 Å². The van der Waals surface area contributed by atoms with Gasteiger partial charge in [0.05, 0.1) is 5.38 Å². The third kappa shape index (κ3) is 2.67. The molecule has 1 heterocycles. The van der Waals surface area contributed by atoms with Gasteiger partial charge < -0.3 is 10.6 Å². The van der Waals surface area contributed by atoms with Crippen LogP contribution in [-0.4, -0.2) is 30.9 Å². The molecule has 1 aliphatic heterocycles. The van der Waals surface area contributed by atoms with E-state index in [1.54, 1.807) is 0 Å². The Morgan fingerprint density at radius 2 is 2.45 bits per heavy atom. The van der Waals surface area contributed by atoms with Gasteiger partial charge in [-0.1, -0.05) is 0 Å². The third-order valence-corrected chi connectivity index (χ3v) is 2.38. The van der Waals surface area contributed by atoms with E-state index in [1.807, 2.05) is 0 Å². The Balaban J connectivity index is 2.20. The fraction of sp³-hybridized carbons (Fsp3) is 0.857. The van der Waals surface area contributed by atoms with E-state index < -0.39 is 0 Å². The van der Waals surface area contributed by atoms with E-state index >= 15 is 0 Å². The van der Waals surface area contributed by atoms with Crippen molar-refractivity contribution in [1.82, 2.24) is 10.6 Å². The van der Waals surface area contributed by atoms with Gasteiger partial charge in [0.15, 0.2) is 0 Å². The van der Waals surface area contributed by atoms with Gasteiger partial charge in [-0.05, 0) is 0 Å². The summed E-state index contributed by atoms with van der Waals surface area (Å²) in [6.45, 7) is 3.97. The van der Waals surface area contributed by atoms with E-state index in [0.29, 0.717) is 12.5 Å². The maximum Gasteiger partial charge on any atom is 0.216 e. The molecule has 0 spiro atoms. The Labute approximate surface area is 71.5 Å². The number of alkyl halides is 1. The van der Waals surface area contributed by atoms with Gasteiger partial charge in [-0.2, -0.15) is 0 Å². The predicted octanol–water partition coefficient (Wildman–Crippen LogP) is -0.0507. The van der Waals surface area contributed by atoms with E-state index in [0.717, 1.165) is 13.1 Å². The lowest BCUT2D eigenvalue weighted by Gasteiger charge is -2.11. The molecular weight excluding hydrogens is 164 g/mol. The number of hydrogen-bond donors (Lipinski definition) is 2. The van der Waals surface area contributed by atoms with Crippen molar-refractivity contribution in [2.75, 3.05) is 19.6 Å². The molecule has 0 radical (unpaired) electrons. The molecule has 1 saturated heterocycles. The highest BCUT2D eigenvalue weighted by atomic mass is 35.5. The molecule has 64 valence electrons. The van der Waals surface area contributed by atoms with Gasteiger partial charge >= 0.3 is 0 Å². The summed E-state index contributed by atoms with van der Waals surface area (Å²) in [5, 5.41) is 6.09. The molecule has 2 N–H and O–H groups in total. The molecule has 4 heteroatoms. The number of hydrogen-bond acceptors (Lipinski definition) is 2. The maximum absolute atomic E-state index is 10.5. The first-order valence-corrected chi connectivity index (χ1v) is 4.23. The zero-order chi connectivity index (χ0) is 8.27. The van der Waals surface area contributed by atoms with Gasteiger partial charge in [-0.3, -0.25) is 4.79 Å². The number of rotatable bonds is 2. The van der Waals surface area contributed by atoms with Crippen molar-refractivity contribution in [3.8, 4) is 0 Å². The molecule has 1 aliphatic rings. The minimum Gasteiger partial charge on any atom is -0.356 e. The molecule has 1 fully saturated rings. The average Bonchev–Trinajstić information content (AvgIpc) is 2.31. The number of nitrogens with one attached hydrogen (secondary N) is 2. The van der Waals surface area contributed by atoms with Gasteiger partial charge in [0.25, 0.3) is 0 Å². The van der Waals surface area contributed by atoms with Crippen LogP contribution in [0.15, 0.2) is 0 Å². The van der Waals surface area contributed by atoms with Gasteiger partial charge in [-0.25, -0.2) is 0 Å². The Bertz CT molecular complexity index is 151. The van der Waals surface area contributed by atoms with Crippen molar-refractivity contribution in [3.63, 3.8) is 0 Å². The molecule has 0 saturated carbocycles. The zero-order valence-electron chi connectivity index (χ0n) is 6.56. The number of halogens is 1. The number of amides is 1. The van der Waals surface area contributed by atoms with Crippen LogP contribution in [0, 0.1) is 5.92 Å². The largest absolute Gasteiger partial charge is 0.356 e. The maximum atomic E-state index is 10.5. The first-order chi connectivity index (χ1) is 5.20. The molecule has 0 bridgehead atoms. The van der Waals surface area contributed by atoms with Crippen LogP contribution >= 0.6 is 11.6 Å². The molecule has 1 amide bonds. The smallest absolute Gasteiger partial charge is 0.216 e. The van der Waals surface area contributed by atoms with Crippen molar-refractivity contribution >= 4 is 17.5 Å². The summed E-state index contributed by atoms with van der Waals surface area (Å²) in [6, 6.07) is 0. The molecule has 3 nitrogen and oxygen atoms in total. The quantitative estimate of drug-likeness (QED) is 0.580. The minimum absolute atomic E-state index is 0.0146. The zero-order valence-corrected chi connectivity index (χ0v) is 7.32. The van der Waals surface area contributed by atoms with Gasteiger partial charge in [0, 0.05) is 32.5 Å². The van der Waals surface area contributed by atoms with Crippen molar-refractivity contribution in [1.29, 1.82) is 0 Å². The van der Waals surface area contributed by atoms with E-state index in [9.17, 15) is 4.79 Å². The summed E-state index contributed by atoms with van der Waals surface area (Å²) in [7, 11) is 0. The minimum atomic E-state index is 0.0146. The van der Waals surface area contributed by atoms with Crippen molar-refractivity contribution in [2.24, 2.45) is 5.92 Å². The number of carbonyl (C=O) groups is 1. The van der Waals surface area contributed by atoms with E-state index in [1.165, 1.54) is 6.92 Å². The average molecular weight is 177 g/mol. The fourth-order valence-corrected chi connectivity index (χ4v) is 1.46. The van der Waals surface area contributed by atoms with Crippen LogP contribution in [-0.2, 0) is 4.79 Å². The summed E-state index contributed by atoms with van der Waals surface area (Å²) in [6.07, 6.45) is 0. The van der Waals surface area contributed by atoms with Crippen LogP contribution < -0.4 is 10.6 Å². The van der Waals surface area contributed by atoms with Crippen LogP contribution in [0.1, 0.15) is 6.92 Å². The summed E-state index contributed by atoms with van der Waals surface area (Å²) in [5.74, 6) is 0.404. The Hall–Kier alpha value is -0.280. The molecule has 0 aromatic rings. The lowest BCUT2D eigenvalue weighted by Crippen LogP contribution is -2.31. The molecule has 0 aromatic heterocycles. The topological polar surface area (TPSA) is 41.1 Å². The van der Waals surface area contributed by atoms with Gasteiger partial charge in [-0.15, -0.1) is 11.6 Å². The molecule has 0 aliphatic carbocycles. The second-order valence-electron chi connectivity index (χ2n) is 2.87. The van der Waals surface area contributed by atoms with E-state index in [4.69, 9.17) is 11.6 Å². The van der Waals surface area contributed by atoms with E-state index in [2.05, 4.69) is 10.6 Å². The standard InChI is InChI=1S/C7H13ClN2O/c1-5(11)10-3-6-2-9-4-7(6)8/h6-7,9H,2-4H2,1H3,(H,10,11)/t6-,7-/m0/s1. The third-order valence-electron chi connectivity index (χ3n) is 1.87. The summed E-state index contributed by atoms with van der Waals surface area (Å²) in [5.41, 5.74) is 0. The van der Waals surface area contributed by atoms with Crippen LogP contribution in [0.2, 0.25) is 0 Å². The summed E-state index contributed by atoms with van der Waals surface area (Å²) < 4.78 is 0. The second kappa shape index (κ2) is 3.93. The molecule has 0 aromatic carbocycles. The van der Waals surface area contributed by atoms with Gasteiger partial charge in [0.1, 0.15) is 0 Å². The Morgan fingerprint density at radius 3 is 2.91 bits per heavy atom. The first-order valence-electron chi connectivity index (χ1n) is 3.79. The predicted molar refractivity (Wildman–Crippen MR) is 44.7 cm³/mol. The van der Waals surface area contributed by atoms with Crippen LogP contribution in [0.5, 0.6) is 0 Å². The lowest BCUT2D eigenvalue weighted by atomic mass is 10.1. The van der Waals surface area contributed by atoms with Crippen LogP contribution in [0.25, 0.3) is 0 Å². The second-order valence-corrected chi connectivity index (χ2v) is 3.43. The molecule has 11 heavy (non-hydrogen) atoms. The Kier molecular flexibility index (Phi) is 3.15. The monoisotopic (exact) mass is 176 g/mol. The first kappa shape index (κ1) is 8.81. The number of carbonyl (C=O) groups excluding carboxylic acids is 1. The Morgan fingerprint density at radius 1 is 1.73 bits per heavy atom. The molecular formula is C7H13ClN2O. The van der Waals surface area contributed by atoms with Crippen LogP contribution in [0.3, 0.4) is 0 Å². The summed E-state index contributed by atoms with van der Waals surface area (Å²) in [4.78, 5) is 10.5. The normalized spacial score (nSPS) is 30.4. The van der Waals surface area contributed by atoms with Crippen molar-refractivity contribution < 1.29 is 4.79 Å².